The number of cyclic esters (lactones) is 1. The van der Waals surface area contributed by atoms with Gasteiger partial charge >= 0.3 is 6.09 Å². The van der Waals surface area contributed by atoms with E-state index in [1.54, 1.807) is 38.1 Å². The quantitative estimate of drug-likeness (QED) is 0.806. The lowest BCUT2D eigenvalue weighted by molar-refractivity contribution is -0.130. The molecule has 1 aromatic carbocycles. The number of carbonyl (C=O) groups is 2. The fourth-order valence-electron chi connectivity index (χ4n) is 1.78. The van der Waals surface area contributed by atoms with Crippen LogP contribution in [0, 0.1) is 5.41 Å². The molecule has 0 aromatic heterocycles. The second kappa shape index (κ2) is 4.33. The van der Waals surface area contributed by atoms with Gasteiger partial charge in [-0.15, -0.1) is 0 Å². The van der Waals surface area contributed by atoms with Gasteiger partial charge in [-0.3, -0.25) is 4.79 Å². The fraction of sp³-hybridized carbons (Fsp3) is 0.385. The van der Waals surface area contributed by atoms with E-state index < -0.39 is 11.5 Å². The van der Waals surface area contributed by atoms with Gasteiger partial charge in [-0.2, -0.15) is 0 Å². The third-order valence-electron chi connectivity index (χ3n) is 2.85. The van der Waals surface area contributed by atoms with Crippen LogP contribution in [0.5, 0.6) is 5.75 Å². The van der Waals surface area contributed by atoms with Gasteiger partial charge in [-0.05, 0) is 26.0 Å². The average Bonchev–Trinajstić information content (AvgIpc) is 2.36. The van der Waals surface area contributed by atoms with Crippen LogP contribution in [-0.2, 0) is 9.53 Å². The van der Waals surface area contributed by atoms with Crippen LogP contribution in [0.1, 0.15) is 13.8 Å². The zero-order valence-corrected chi connectivity index (χ0v) is 10.6. The number of anilines is 1. The van der Waals surface area contributed by atoms with Crippen molar-refractivity contribution < 1.29 is 19.1 Å². The van der Waals surface area contributed by atoms with Crippen molar-refractivity contribution in [3.63, 3.8) is 0 Å². The van der Waals surface area contributed by atoms with Crippen molar-refractivity contribution in [2.75, 3.05) is 18.6 Å². The van der Waals surface area contributed by atoms with Crippen LogP contribution in [0.15, 0.2) is 24.3 Å². The number of ether oxygens (including phenoxy) is 2. The summed E-state index contributed by atoms with van der Waals surface area (Å²) in [7, 11) is 1.49. The molecule has 1 aromatic rings. The molecule has 18 heavy (non-hydrogen) atoms. The fourth-order valence-corrected chi connectivity index (χ4v) is 1.78. The van der Waals surface area contributed by atoms with Gasteiger partial charge in [0.05, 0.1) is 18.2 Å². The average molecular weight is 249 g/mol. The number of methoxy groups -OCH3 is 1. The van der Waals surface area contributed by atoms with Crippen LogP contribution in [0.25, 0.3) is 0 Å². The molecule has 0 N–H and O–H groups in total. The van der Waals surface area contributed by atoms with Crippen molar-refractivity contribution in [1.29, 1.82) is 0 Å². The molecule has 96 valence electrons. The zero-order valence-electron chi connectivity index (χ0n) is 10.6. The van der Waals surface area contributed by atoms with E-state index >= 15 is 0 Å². The first kappa shape index (κ1) is 12.4. The first-order valence-electron chi connectivity index (χ1n) is 5.62. The van der Waals surface area contributed by atoms with Crippen LogP contribution in [0.2, 0.25) is 0 Å². The molecule has 2 amide bonds. The minimum atomic E-state index is -0.727. The lowest BCUT2D eigenvalue weighted by Gasteiger charge is -2.35. The van der Waals surface area contributed by atoms with E-state index in [2.05, 4.69) is 0 Å². The highest BCUT2D eigenvalue weighted by molar-refractivity contribution is 6.16. The predicted molar refractivity (Wildman–Crippen MR) is 65.6 cm³/mol. The highest BCUT2D eigenvalue weighted by Crippen LogP contribution is 2.34. The molecule has 0 saturated carbocycles. The molecule has 0 spiro atoms. The number of amides is 2. The van der Waals surface area contributed by atoms with Crippen molar-refractivity contribution in [2.24, 2.45) is 5.41 Å². The zero-order chi connectivity index (χ0) is 13.3. The molecule has 5 heteroatoms. The number of carbonyl (C=O) groups excluding carboxylic acids is 2. The maximum absolute atomic E-state index is 12.3. The van der Waals surface area contributed by atoms with Crippen LogP contribution in [0.4, 0.5) is 10.5 Å². The Balaban J connectivity index is 2.47. The Morgan fingerprint density at radius 3 is 2.61 bits per heavy atom. The molecule has 2 rings (SSSR count). The van der Waals surface area contributed by atoms with Gasteiger partial charge in [-0.25, -0.2) is 9.69 Å². The number of hydrogen-bond donors (Lipinski definition) is 0. The van der Waals surface area contributed by atoms with Gasteiger partial charge in [0.25, 0.3) is 0 Å². The highest BCUT2D eigenvalue weighted by atomic mass is 16.6. The summed E-state index contributed by atoms with van der Waals surface area (Å²) in [6, 6.07) is 6.85. The van der Waals surface area contributed by atoms with Crippen LogP contribution >= 0.6 is 0 Å². The molecule has 0 unspecified atom stereocenters. The van der Waals surface area contributed by atoms with Gasteiger partial charge in [0.15, 0.2) is 0 Å². The minimum Gasteiger partial charge on any atom is -0.495 e. The van der Waals surface area contributed by atoms with Gasteiger partial charge < -0.3 is 9.47 Å². The molecule has 1 heterocycles. The standard InChI is InChI=1S/C13H15NO4/c1-13(2)8-18-12(16)14(11(13)15)9-6-4-5-7-10(9)17-3/h4-7H,8H2,1-3H3. The number of hydrogen-bond acceptors (Lipinski definition) is 4. The maximum Gasteiger partial charge on any atom is 0.421 e. The third-order valence-corrected chi connectivity index (χ3v) is 2.85. The molecule has 1 fully saturated rings. The van der Waals surface area contributed by atoms with Crippen LogP contribution < -0.4 is 9.64 Å². The van der Waals surface area contributed by atoms with Crippen molar-refractivity contribution in [2.45, 2.75) is 13.8 Å². The van der Waals surface area contributed by atoms with Crippen LogP contribution in [0.3, 0.4) is 0 Å². The summed E-state index contributed by atoms with van der Waals surface area (Å²) in [5.41, 5.74) is -0.322. The van der Waals surface area contributed by atoms with Gasteiger partial charge in [0.1, 0.15) is 12.4 Å². The summed E-state index contributed by atoms with van der Waals surface area (Å²) in [4.78, 5) is 25.1. The molecule has 0 bridgehead atoms. The second-order valence-corrected chi connectivity index (χ2v) is 4.75. The Labute approximate surface area is 105 Å². The Bertz CT molecular complexity index is 496. The van der Waals surface area contributed by atoms with E-state index in [-0.39, 0.29) is 12.5 Å². The first-order valence-corrected chi connectivity index (χ1v) is 5.62. The van der Waals surface area contributed by atoms with Crippen molar-refractivity contribution in [1.82, 2.24) is 0 Å². The van der Waals surface area contributed by atoms with E-state index in [9.17, 15) is 9.59 Å². The molecule has 1 aliphatic rings. The Morgan fingerprint density at radius 2 is 1.94 bits per heavy atom. The highest BCUT2D eigenvalue weighted by Gasteiger charge is 2.43. The summed E-state index contributed by atoms with van der Waals surface area (Å²) in [5, 5.41) is 0. The second-order valence-electron chi connectivity index (χ2n) is 4.75. The number of nitrogens with zero attached hydrogens (tertiary/aromatic N) is 1. The monoisotopic (exact) mass is 249 g/mol. The summed E-state index contributed by atoms with van der Waals surface area (Å²) < 4.78 is 10.2. The topological polar surface area (TPSA) is 55.8 Å². The summed E-state index contributed by atoms with van der Waals surface area (Å²) in [5.74, 6) is 0.170. The predicted octanol–water partition coefficient (Wildman–Crippen LogP) is 2.20. The smallest absolute Gasteiger partial charge is 0.421 e. The lowest BCUT2D eigenvalue weighted by Crippen LogP contribution is -2.52. The van der Waals surface area contributed by atoms with E-state index in [1.165, 1.54) is 7.11 Å². The van der Waals surface area contributed by atoms with Crippen molar-refractivity contribution >= 4 is 17.7 Å². The number of imide groups is 1. The Kier molecular flexibility index (Phi) is 2.98. The normalized spacial score (nSPS) is 18.5. The first-order chi connectivity index (χ1) is 8.47. The lowest BCUT2D eigenvalue weighted by atomic mass is 9.91. The molecular weight excluding hydrogens is 234 g/mol. The molecule has 5 nitrogen and oxygen atoms in total. The number of rotatable bonds is 2. The van der Waals surface area contributed by atoms with Gasteiger partial charge in [0, 0.05) is 0 Å². The minimum absolute atomic E-state index is 0.0936. The Morgan fingerprint density at radius 1 is 1.28 bits per heavy atom. The van der Waals surface area contributed by atoms with Gasteiger partial charge in [-0.1, -0.05) is 12.1 Å². The summed E-state index contributed by atoms with van der Waals surface area (Å²) in [6.07, 6.45) is -0.663. The van der Waals surface area contributed by atoms with E-state index in [0.29, 0.717) is 11.4 Å². The molecule has 1 saturated heterocycles. The molecular formula is C13H15NO4. The molecule has 1 aliphatic heterocycles. The molecule has 0 atom stereocenters. The Hall–Kier alpha value is -2.04. The van der Waals surface area contributed by atoms with Crippen molar-refractivity contribution in [3.8, 4) is 5.75 Å². The van der Waals surface area contributed by atoms with E-state index in [4.69, 9.17) is 9.47 Å². The third kappa shape index (κ3) is 1.92. The summed E-state index contributed by atoms with van der Waals surface area (Å²) in [6.45, 7) is 3.57. The molecule has 0 aliphatic carbocycles. The number of para-hydroxylation sites is 2. The molecule has 0 radical (unpaired) electrons. The van der Waals surface area contributed by atoms with Crippen LogP contribution in [-0.4, -0.2) is 25.7 Å². The van der Waals surface area contributed by atoms with Crippen molar-refractivity contribution in [3.05, 3.63) is 24.3 Å². The largest absolute Gasteiger partial charge is 0.495 e. The SMILES string of the molecule is COc1ccccc1N1C(=O)OCC(C)(C)C1=O. The number of benzene rings is 1. The summed E-state index contributed by atoms with van der Waals surface area (Å²) >= 11 is 0. The maximum atomic E-state index is 12.3. The van der Waals surface area contributed by atoms with E-state index in [1.807, 2.05) is 0 Å². The van der Waals surface area contributed by atoms with E-state index in [0.717, 1.165) is 4.90 Å². The van der Waals surface area contributed by atoms with Gasteiger partial charge in [0.2, 0.25) is 5.91 Å².